The lowest BCUT2D eigenvalue weighted by Crippen LogP contribution is -3.12. The summed E-state index contributed by atoms with van der Waals surface area (Å²) in [6.07, 6.45) is 1.02. The van der Waals surface area contributed by atoms with Gasteiger partial charge in [-0.3, -0.25) is 9.59 Å². The van der Waals surface area contributed by atoms with Crippen molar-refractivity contribution in [2.45, 2.75) is 19.0 Å². The SMILES string of the molecule is O=C(NC[C@H](c1cccs1)[NH+]1CCc2ccccc2C1)C(=O)Nc1ccccc1. The van der Waals surface area contributed by atoms with Crippen LogP contribution in [-0.4, -0.2) is 24.9 Å². The Morgan fingerprint density at radius 1 is 0.931 bits per heavy atom. The van der Waals surface area contributed by atoms with E-state index in [0.29, 0.717) is 12.2 Å². The number of carbonyl (C=O) groups is 2. The Bertz CT molecular complexity index is 973. The number of hydrogen-bond donors (Lipinski definition) is 3. The van der Waals surface area contributed by atoms with Crippen LogP contribution in [0.25, 0.3) is 0 Å². The number of quaternary nitrogens is 1. The zero-order valence-electron chi connectivity index (χ0n) is 16.1. The Hall–Kier alpha value is -2.96. The second-order valence-electron chi connectivity index (χ2n) is 7.20. The van der Waals surface area contributed by atoms with E-state index in [0.717, 1.165) is 19.5 Å². The number of para-hydroxylation sites is 1. The Balaban J connectivity index is 1.42. The molecule has 1 aliphatic rings. The van der Waals surface area contributed by atoms with Crippen LogP contribution in [0.4, 0.5) is 5.69 Å². The predicted octanol–water partition coefficient (Wildman–Crippen LogP) is 2.19. The molecule has 0 bridgehead atoms. The molecule has 2 heterocycles. The van der Waals surface area contributed by atoms with Gasteiger partial charge in [0, 0.05) is 17.7 Å². The molecule has 4 rings (SSSR count). The van der Waals surface area contributed by atoms with E-state index in [1.165, 1.54) is 20.9 Å². The zero-order valence-corrected chi connectivity index (χ0v) is 16.9. The highest BCUT2D eigenvalue weighted by atomic mass is 32.1. The lowest BCUT2D eigenvalue weighted by Gasteiger charge is -2.32. The molecule has 0 saturated heterocycles. The van der Waals surface area contributed by atoms with Crippen LogP contribution in [0.1, 0.15) is 22.0 Å². The summed E-state index contributed by atoms with van der Waals surface area (Å²) in [5.74, 6) is -1.24. The van der Waals surface area contributed by atoms with Gasteiger partial charge in [0.2, 0.25) is 0 Å². The van der Waals surface area contributed by atoms with Gasteiger partial charge < -0.3 is 15.5 Å². The first-order valence-corrected chi connectivity index (χ1v) is 10.7. The number of nitrogens with one attached hydrogen (secondary N) is 3. The number of hydrogen-bond acceptors (Lipinski definition) is 3. The molecule has 3 N–H and O–H groups in total. The predicted molar refractivity (Wildman–Crippen MR) is 115 cm³/mol. The maximum Gasteiger partial charge on any atom is 0.313 e. The average Bonchev–Trinajstić information content (AvgIpc) is 3.29. The van der Waals surface area contributed by atoms with Crippen LogP contribution >= 0.6 is 11.3 Å². The number of thiophene rings is 1. The van der Waals surface area contributed by atoms with Crippen molar-refractivity contribution >= 4 is 28.8 Å². The maximum atomic E-state index is 12.4. The Morgan fingerprint density at radius 2 is 1.69 bits per heavy atom. The van der Waals surface area contributed by atoms with Crippen LogP contribution in [0, 0.1) is 0 Å². The number of amides is 2. The highest BCUT2D eigenvalue weighted by Crippen LogP contribution is 2.19. The number of benzene rings is 2. The van der Waals surface area contributed by atoms with Crippen molar-refractivity contribution in [3.63, 3.8) is 0 Å². The monoisotopic (exact) mass is 406 g/mol. The van der Waals surface area contributed by atoms with Crippen LogP contribution in [-0.2, 0) is 22.6 Å². The van der Waals surface area contributed by atoms with Crippen molar-refractivity contribution in [1.82, 2.24) is 5.32 Å². The quantitative estimate of drug-likeness (QED) is 0.569. The van der Waals surface area contributed by atoms with Crippen molar-refractivity contribution in [1.29, 1.82) is 0 Å². The summed E-state index contributed by atoms with van der Waals surface area (Å²) >= 11 is 1.70. The summed E-state index contributed by atoms with van der Waals surface area (Å²) in [7, 11) is 0. The fourth-order valence-corrected chi connectivity index (χ4v) is 4.71. The van der Waals surface area contributed by atoms with Crippen LogP contribution in [0.15, 0.2) is 72.1 Å². The van der Waals surface area contributed by atoms with Crippen molar-refractivity contribution < 1.29 is 14.5 Å². The molecule has 5 nitrogen and oxygen atoms in total. The van der Waals surface area contributed by atoms with Crippen molar-refractivity contribution in [3.8, 4) is 0 Å². The second-order valence-corrected chi connectivity index (χ2v) is 8.18. The highest BCUT2D eigenvalue weighted by Gasteiger charge is 2.30. The Kier molecular flexibility index (Phi) is 6.03. The molecular weight excluding hydrogens is 382 g/mol. The Morgan fingerprint density at radius 3 is 2.45 bits per heavy atom. The second kappa shape index (κ2) is 9.03. The molecule has 1 aromatic heterocycles. The van der Waals surface area contributed by atoms with Crippen molar-refractivity contribution in [2.75, 3.05) is 18.4 Å². The molecule has 0 aliphatic carbocycles. The first kappa shape index (κ1) is 19.4. The number of carbonyl (C=O) groups excluding carboxylic acids is 2. The normalized spacial score (nSPS) is 16.5. The van der Waals surface area contributed by atoms with E-state index in [2.05, 4.69) is 46.3 Å². The van der Waals surface area contributed by atoms with Gasteiger partial charge in [-0.05, 0) is 29.1 Å². The van der Waals surface area contributed by atoms with Gasteiger partial charge in [-0.25, -0.2) is 0 Å². The molecular formula is C23H24N3O2S+. The average molecular weight is 407 g/mol. The molecule has 1 aliphatic heterocycles. The van der Waals surface area contributed by atoms with E-state index >= 15 is 0 Å². The zero-order chi connectivity index (χ0) is 20.1. The van der Waals surface area contributed by atoms with E-state index in [4.69, 9.17) is 0 Å². The number of rotatable bonds is 5. The molecule has 2 amide bonds. The van der Waals surface area contributed by atoms with Crippen LogP contribution in [0.5, 0.6) is 0 Å². The molecule has 2 atom stereocenters. The van der Waals surface area contributed by atoms with Crippen molar-refractivity contribution in [3.05, 3.63) is 88.1 Å². The van der Waals surface area contributed by atoms with Gasteiger partial charge in [0.1, 0.15) is 12.6 Å². The van der Waals surface area contributed by atoms with E-state index in [9.17, 15) is 9.59 Å². The topological polar surface area (TPSA) is 62.6 Å². The van der Waals surface area contributed by atoms with Crippen molar-refractivity contribution in [2.24, 2.45) is 0 Å². The smallest absolute Gasteiger partial charge is 0.313 e. The van der Waals surface area contributed by atoms with Crippen LogP contribution < -0.4 is 15.5 Å². The fraction of sp³-hybridized carbons (Fsp3) is 0.217. The highest BCUT2D eigenvalue weighted by molar-refractivity contribution is 7.10. The molecule has 29 heavy (non-hydrogen) atoms. The Labute approximate surface area is 174 Å². The van der Waals surface area contributed by atoms with E-state index < -0.39 is 11.8 Å². The molecule has 1 unspecified atom stereocenters. The molecule has 148 valence electrons. The molecule has 0 spiro atoms. The number of fused-ring (bicyclic) bond motifs is 1. The summed E-state index contributed by atoms with van der Waals surface area (Å²) in [4.78, 5) is 27.2. The van der Waals surface area contributed by atoms with Gasteiger partial charge in [-0.2, -0.15) is 0 Å². The van der Waals surface area contributed by atoms with Gasteiger partial charge >= 0.3 is 11.8 Å². The minimum Gasteiger partial charge on any atom is -0.341 e. The standard InChI is InChI=1S/C23H23N3O2S/c27-22(23(28)25-19-9-2-1-3-10-19)24-15-20(21-11-6-14-29-21)26-13-12-17-7-4-5-8-18(17)16-26/h1-11,14,20H,12-13,15-16H2,(H,24,27)(H,25,28)/p+1/t20-/m1/s1. The maximum absolute atomic E-state index is 12.4. The third-order valence-corrected chi connectivity index (χ3v) is 6.32. The van der Waals surface area contributed by atoms with Gasteiger partial charge in [0.05, 0.1) is 18.0 Å². The molecule has 0 saturated carbocycles. The molecule has 0 radical (unpaired) electrons. The third kappa shape index (κ3) is 4.72. The molecule has 2 aromatic carbocycles. The summed E-state index contributed by atoms with van der Waals surface area (Å²) in [5, 5.41) is 7.54. The van der Waals surface area contributed by atoms with Gasteiger partial charge in [0.15, 0.2) is 0 Å². The molecule has 0 fully saturated rings. The van der Waals surface area contributed by atoms with Gasteiger partial charge in [0.25, 0.3) is 0 Å². The van der Waals surface area contributed by atoms with Crippen LogP contribution in [0.3, 0.4) is 0 Å². The lowest BCUT2D eigenvalue weighted by molar-refractivity contribution is -0.945. The van der Waals surface area contributed by atoms with E-state index in [-0.39, 0.29) is 6.04 Å². The van der Waals surface area contributed by atoms with E-state index in [1.54, 1.807) is 23.5 Å². The van der Waals surface area contributed by atoms with Gasteiger partial charge in [-0.1, -0.05) is 48.5 Å². The summed E-state index contributed by atoms with van der Waals surface area (Å²) < 4.78 is 0. The minimum atomic E-state index is -0.639. The lowest BCUT2D eigenvalue weighted by atomic mass is 9.98. The summed E-state index contributed by atoms with van der Waals surface area (Å²) in [6, 6.07) is 21.8. The molecule has 6 heteroatoms. The first-order valence-electron chi connectivity index (χ1n) is 9.79. The minimum absolute atomic E-state index is 0.122. The van der Waals surface area contributed by atoms with E-state index in [1.807, 2.05) is 24.3 Å². The fourth-order valence-electron chi connectivity index (χ4n) is 3.82. The van der Waals surface area contributed by atoms with Crippen LogP contribution in [0.2, 0.25) is 0 Å². The van der Waals surface area contributed by atoms with Gasteiger partial charge in [-0.15, -0.1) is 11.3 Å². The summed E-state index contributed by atoms with van der Waals surface area (Å²) in [6.45, 7) is 2.36. The molecule has 3 aromatic rings. The third-order valence-electron chi connectivity index (χ3n) is 5.34. The first-order chi connectivity index (χ1) is 14.2. The largest absolute Gasteiger partial charge is 0.341 e. The number of anilines is 1. The summed E-state index contributed by atoms with van der Waals surface area (Å²) in [5.41, 5.74) is 3.39.